The van der Waals surface area contributed by atoms with Gasteiger partial charge in [0.15, 0.2) is 0 Å². The molecule has 3 nitrogen and oxygen atoms in total. The minimum Gasteiger partial charge on any atom is -2.00 e. The molecular formula is EuO3Sm. The normalized spacial score (nSPS) is 0. The van der Waals surface area contributed by atoms with Crippen LogP contribution in [0.2, 0.25) is 0 Å². The van der Waals surface area contributed by atoms with Gasteiger partial charge in [-0.05, 0) is 0 Å². The fourth-order valence-electron chi connectivity index (χ4n) is 0. The summed E-state index contributed by atoms with van der Waals surface area (Å²) < 4.78 is 0. The standard InChI is InChI=1S/Eu.3O.Sm/q+3;3*-2;+3. The summed E-state index contributed by atoms with van der Waals surface area (Å²) in [6, 6.07) is 0. The fraction of sp³-hybridized carbons (Fsp3) is 0. The van der Waals surface area contributed by atoms with Crippen LogP contribution in [0.25, 0.3) is 0 Å². The van der Waals surface area contributed by atoms with Crippen LogP contribution < -0.4 is 0 Å². The van der Waals surface area contributed by atoms with E-state index in [4.69, 9.17) is 0 Å². The first-order valence-electron chi connectivity index (χ1n) is 0. The minimum absolute atomic E-state index is 0. The number of hydrogen-bond acceptors (Lipinski definition) is 0. The largest absolute Gasteiger partial charge is 3.00 e. The molecule has 1 radical (unpaired) electrons. The maximum atomic E-state index is 0. The Bertz CT molecular complexity index is 6.85. The number of hydrogen-bond donors (Lipinski definition) is 0. The van der Waals surface area contributed by atoms with E-state index in [-0.39, 0.29) is 106 Å². The van der Waals surface area contributed by atoms with Crippen molar-refractivity contribution in [2.75, 3.05) is 0 Å². The van der Waals surface area contributed by atoms with Crippen molar-refractivity contribution in [1.82, 2.24) is 0 Å². The molecule has 0 atom stereocenters. The molecule has 0 saturated heterocycles. The van der Waals surface area contributed by atoms with Crippen LogP contribution in [0.1, 0.15) is 0 Å². The Morgan fingerprint density at radius 1 is 0.600 bits per heavy atom. The van der Waals surface area contributed by atoms with Crippen molar-refractivity contribution >= 4 is 0 Å². The van der Waals surface area contributed by atoms with Crippen LogP contribution in [0.5, 0.6) is 0 Å². The van der Waals surface area contributed by atoms with Crippen molar-refractivity contribution in [3.05, 3.63) is 0 Å². The van der Waals surface area contributed by atoms with Crippen LogP contribution in [0, 0.1) is 89.8 Å². The number of rotatable bonds is 0. The summed E-state index contributed by atoms with van der Waals surface area (Å²) in [5.74, 6) is 0. The topological polar surface area (TPSA) is 85.5 Å². The second kappa shape index (κ2) is 29.2. The zero-order valence-corrected chi connectivity index (χ0v) is 7.06. The van der Waals surface area contributed by atoms with Gasteiger partial charge >= 0.3 is 89.8 Å². The Morgan fingerprint density at radius 3 is 0.600 bits per heavy atom. The quantitative estimate of drug-likeness (QED) is 0.572. The molecule has 0 spiro atoms. The second-order valence-corrected chi connectivity index (χ2v) is 0. The molecule has 0 aromatic rings. The van der Waals surface area contributed by atoms with E-state index in [0.29, 0.717) is 0 Å². The van der Waals surface area contributed by atoms with E-state index in [1.807, 2.05) is 0 Å². The van der Waals surface area contributed by atoms with Crippen LogP contribution in [0.4, 0.5) is 0 Å². The molecule has 0 rings (SSSR count). The first-order chi connectivity index (χ1) is 0. The zero-order chi connectivity index (χ0) is 0. The van der Waals surface area contributed by atoms with Crippen LogP contribution in [0.3, 0.4) is 0 Å². The molecule has 5 heavy (non-hydrogen) atoms. The molecule has 0 amide bonds. The first-order valence-corrected chi connectivity index (χ1v) is 0. The molecule has 0 fully saturated rings. The van der Waals surface area contributed by atoms with Gasteiger partial charge in [-0.1, -0.05) is 0 Å². The van der Waals surface area contributed by atoms with Gasteiger partial charge in [0.05, 0.1) is 0 Å². The predicted molar refractivity (Wildman–Crippen MR) is 2.06 cm³/mol. The molecule has 0 unspecified atom stereocenters. The van der Waals surface area contributed by atoms with E-state index in [1.54, 1.807) is 0 Å². The van der Waals surface area contributed by atoms with Gasteiger partial charge in [-0.25, -0.2) is 0 Å². The molecular weight excluding hydrogens is 350 g/mol. The van der Waals surface area contributed by atoms with E-state index >= 15 is 0 Å². The summed E-state index contributed by atoms with van der Waals surface area (Å²) in [6.45, 7) is 0. The Morgan fingerprint density at radius 2 is 0.600 bits per heavy atom. The van der Waals surface area contributed by atoms with Crippen molar-refractivity contribution in [3.63, 3.8) is 0 Å². The molecule has 0 heterocycles. The van der Waals surface area contributed by atoms with E-state index < -0.39 is 0 Å². The summed E-state index contributed by atoms with van der Waals surface area (Å²) in [4.78, 5) is 0. The second-order valence-electron chi connectivity index (χ2n) is 0. The Kier molecular flexibility index (Phi) is 268. The maximum Gasteiger partial charge on any atom is 3.00 e. The van der Waals surface area contributed by atoms with Gasteiger partial charge in [0.25, 0.3) is 0 Å². The van der Waals surface area contributed by atoms with Gasteiger partial charge in [-0.2, -0.15) is 0 Å². The van der Waals surface area contributed by atoms with Crippen LogP contribution in [-0.4, -0.2) is 0 Å². The summed E-state index contributed by atoms with van der Waals surface area (Å²) in [6.07, 6.45) is 0. The molecule has 0 aliphatic heterocycles. The molecule has 5 heteroatoms. The predicted octanol–water partition coefficient (Wildman–Crippen LogP) is -0.356. The Labute approximate surface area is 103 Å². The third kappa shape index (κ3) is 20.0. The fourth-order valence-corrected chi connectivity index (χ4v) is 0. The average molecular weight is 350 g/mol. The maximum absolute atomic E-state index is 0. The molecule has 31 valence electrons. The van der Waals surface area contributed by atoms with Crippen molar-refractivity contribution in [1.29, 1.82) is 0 Å². The molecule has 0 aromatic carbocycles. The van der Waals surface area contributed by atoms with E-state index in [9.17, 15) is 0 Å². The van der Waals surface area contributed by atoms with Gasteiger partial charge in [0.1, 0.15) is 0 Å². The molecule has 0 N–H and O–H groups in total. The van der Waals surface area contributed by atoms with Crippen molar-refractivity contribution in [2.24, 2.45) is 0 Å². The SMILES string of the molecule is [Eu+3].[O-2].[O-2].[O-2].[Sm+3]. The summed E-state index contributed by atoms with van der Waals surface area (Å²) >= 11 is 0. The Balaban J connectivity index is 0. The monoisotopic (exact) mass is 353 g/mol. The zero-order valence-electron chi connectivity index (χ0n) is 2.01. The molecule has 0 bridgehead atoms. The first kappa shape index (κ1) is 46.0. The van der Waals surface area contributed by atoms with E-state index in [2.05, 4.69) is 0 Å². The van der Waals surface area contributed by atoms with Crippen molar-refractivity contribution < 1.29 is 106 Å². The molecule has 0 aromatic heterocycles. The van der Waals surface area contributed by atoms with Gasteiger partial charge in [-0.15, -0.1) is 0 Å². The Hall–Kier alpha value is 2.80. The van der Waals surface area contributed by atoms with E-state index in [1.165, 1.54) is 0 Å². The molecule has 0 saturated carbocycles. The minimum atomic E-state index is 0. The third-order valence-electron chi connectivity index (χ3n) is 0. The molecule has 0 aliphatic rings. The van der Waals surface area contributed by atoms with Crippen LogP contribution in [-0.2, 0) is 16.4 Å². The van der Waals surface area contributed by atoms with Gasteiger partial charge in [0, 0.05) is 0 Å². The van der Waals surface area contributed by atoms with E-state index in [0.717, 1.165) is 0 Å². The third-order valence-corrected chi connectivity index (χ3v) is 0. The van der Waals surface area contributed by atoms with Gasteiger partial charge in [0.2, 0.25) is 0 Å². The van der Waals surface area contributed by atoms with Gasteiger partial charge < -0.3 is 16.4 Å². The molecule has 0 aliphatic carbocycles. The van der Waals surface area contributed by atoms with Crippen molar-refractivity contribution in [2.45, 2.75) is 0 Å². The average Bonchev–Trinajstić information content (AvgIpc) is 0. The summed E-state index contributed by atoms with van der Waals surface area (Å²) in [5, 5.41) is 0. The summed E-state index contributed by atoms with van der Waals surface area (Å²) in [7, 11) is 0. The smallest absolute Gasteiger partial charge is 2.00 e. The van der Waals surface area contributed by atoms with Gasteiger partial charge in [-0.3, -0.25) is 0 Å². The van der Waals surface area contributed by atoms with Crippen LogP contribution in [0.15, 0.2) is 0 Å². The van der Waals surface area contributed by atoms with Crippen LogP contribution >= 0.6 is 0 Å². The van der Waals surface area contributed by atoms with Crippen molar-refractivity contribution in [3.8, 4) is 0 Å². The summed E-state index contributed by atoms with van der Waals surface area (Å²) in [5.41, 5.74) is 0.